The molecule has 6 heteroatoms. The maximum absolute atomic E-state index is 12.8. The maximum Gasteiger partial charge on any atom is 0.418 e. The fourth-order valence-electron chi connectivity index (χ4n) is 1.98. The fourth-order valence-corrected chi connectivity index (χ4v) is 1.98. The molecule has 0 radical (unpaired) electrons. The first-order valence-electron chi connectivity index (χ1n) is 5.73. The molecule has 0 aromatic carbocycles. The fraction of sp³-hybridized carbons (Fsp3) is 0.308. The molecule has 2 aromatic heterocycles. The van der Waals surface area contributed by atoms with Crippen molar-refractivity contribution >= 4 is 5.82 Å². The molecule has 0 aliphatic carbocycles. The number of rotatable bonds is 2. The lowest BCUT2D eigenvalue weighted by Gasteiger charge is -2.08. The quantitative estimate of drug-likeness (QED) is 0.910. The average molecular weight is 269 g/mol. The van der Waals surface area contributed by atoms with Crippen molar-refractivity contribution in [2.45, 2.75) is 26.6 Å². The van der Waals surface area contributed by atoms with E-state index < -0.39 is 11.7 Å². The highest BCUT2D eigenvalue weighted by Gasteiger charge is 2.34. The number of nitrogen functional groups attached to an aromatic ring is 1. The van der Waals surface area contributed by atoms with Crippen molar-refractivity contribution in [3.05, 3.63) is 46.9 Å². The maximum atomic E-state index is 12.8. The third-order valence-electron chi connectivity index (χ3n) is 3.23. The number of hydrogen-bond donors (Lipinski definition) is 1. The molecule has 0 saturated carbocycles. The number of hydrogen-bond acceptors (Lipinski definition) is 2. The predicted molar refractivity (Wildman–Crippen MR) is 66.7 cm³/mol. The van der Waals surface area contributed by atoms with Crippen LogP contribution in [-0.2, 0) is 12.7 Å². The Morgan fingerprint density at radius 3 is 2.53 bits per heavy atom. The van der Waals surface area contributed by atoms with E-state index in [2.05, 4.69) is 4.98 Å². The summed E-state index contributed by atoms with van der Waals surface area (Å²) in [7, 11) is 0. The van der Waals surface area contributed by atoms with Crippen molar-refractivity contribution in [3.63, 3.8) is 0 Å². The molecule has 0 saturated heterocycles. The van der Waals surface area contributed by atoms with E-state index in [9.17, 15) is 13.2 Å². The lowest BCUT2D eigenvalue weighted by Crippen LogP contribution is -2.06. The van der Waals surface area contributed by atoms with Gasteiger partial charge in [-0.2, -0.15) is 13.2 Å². The number of nitrogens with two attached hydrogens (primary N) is 1. The molecule has 0 atom stereocenters. The van der Waals surface area contributed by atoms with Gasteiger partial charge in [-0.25, -0.2) is 4.98 Å². The van der Waals surface area contributed by atoms with E-state index in [-0.39, 0.29) is 12.1 Å². The van der Waals surface area contributed by atoms with Crippen LogP contribution < -0.4 is 5.73 Å². The molecule has 102 valence electrons. The van der Waals surface area contributed by atoms with Crippen LogP contribution in [0.4, 0.5) is 19.0 Å². The van der Waals surface area contributed by atoms with Crippen molar-refractivity contribution in [2.75, 3.05) is 5.73 Å². The molecule has 3 nitrogen and oxygen atoms in total. The van der Waals surface area contributed by atoms with Gasteiger partial charge in [0, 0.05) is 23.7 Å². The van der Waals surface area contributed by atoms with Gasteiger partial charge >= 0.3 is 6.18 Å². The predicted octanol–water partition coefficient (Wildman–Crippen LogP) is 3.15. The Labute approximate surface area is 108 Å². The number of pyridine rings is 1. The van der Waals surface area contributed by atoms with Gasteiger partial charge < -0.3 is 10.3 Å². The lowest BCUT2D eigenvalue weighted by molar-refractivity contribution is -0.138. The highest BCUT2D eigenvalue weighted by atomic mass is 19.4. The largest absolute Gasteiger partial charge is 0.418 e. The highest BCUT2D eigenvalue weighted by Crippen LogP contribution is 2.34. The van der Waals surface area contributed by atoms with Crippen LogP contribution in [0.25, 0.3) is 0 Å². The molecule has 0 amide bonds. The number of nitrogens with zero attached hydrogens (tertiary/aromatic N) is 2. The highest BCUT2D eigenvalue weighted by molar-refractivity contribution is 5.40. The summed E-state index contributed by atoms with van der Waals surface area (Å²) in [6.45, 7) is 3.42. The Morgan fingerprint density at radius 2 is 2.00 bits per heavy atom. The Kier molecular flexibility index (Phi) is 3.26. The van der Waals surface area contributed by atoms with Gasteiger partial charge in [-0.05, 0) is 25.5 Å². The summed E-state index contributed by atoms with van der Waals surface area (Å²) in [4.78, 5) is 3.93. The van der Waals surface area contributed by atoms with E-state index in [0.717, 1.165) is 6.20 Å². The molecule has 0 fully saturated rings. The monoisotopic (exact) mass is 269 g/mol. The second-order valence-electron chi connectivity index (χ2n) is 4.43. The second-order valence-corrected chi connectivity index (χ2v) is 4.43. The molecule has 2 N–H and O–H groups in total. The van der Waals surface area contributed by atoms with Crippen molar-refractivity contribution in [2.24, 2.45) is 0 Å². The van der Waals surface area contributed by atoms with Gasteiger partial charge in [0.2, 0.25) is 0 Å². The van der Waals surface area contributed by atoms with Gasteiger partial charge in [0.25, 0.3) is 0 Å². The molecule has 2 rings (SSSR count). The Hall–Kier alpha value is -1.98. The minimum Gasteiger partial charge on any atom is -0.383 e. The van der Waals surface area contributed by atoms with Gasteiger partial charge in [0.05, 0.1) is 12.1 Å². The first kappa shape index (κ1) is 13.5. The van der Waals surface area contributed by atoms with Crippen LogP contribution in [0.5, 0.6) is 0 Å². The Balaban J connectivity index is 2.40. The third-order valence-corrected chi connectivity index (χ3v) is 3.23. The van der Waals surface area contributed by atoms with E-state index in [1.165, 1.54) is 6.92 Å². The van der Waals surface area contributed by atoms with Crippen molar-refractivity contribution in [3.8, 4) is 0 Å². The van der Waals surface area contributed by atoms with E-state index in [0.29, 0.717) is 17.1 Å². The Bertz CT molecular complexity index is 600. The summed E-state index contributed by atoms with van der Waals surface area (Å²) in [5.74, 6) is 0.335. The smallest absolute Gasteiger partial charge is 0.383 e. The van der Waals surface area contributed by atoms with Crippen molar-refractivity contribution in [1.29, 1.82) is 0 Å². The third kappa shape index (κ3) is 2.57. The zero-order chi connectivity index (χ0) is 14.2. The molecule has 0 unspecified atom stereocenters. The van der Waals surface area contributed by atoms with Gasteiger partial charge in [-0.15, -0.1) is 0 Å². The van der Waals surface area contributed by atoms with Gasteiger partial charge in [0.15, 0.2) is 0 Å². The first-order valence-corrected chi connectivity index (χ1v) is 5.73. The van der Waals surface area contributed by atoms with Crippen LogP contribution in [0, 0.1) is 13.8 Å². The zero-order valence-corrected chi connectivity index (χ0v) is 10.6. The van der Waals surface area contributed by atoms with E-state index in [1.54, 1.807) is 29.8 Å². The van der Waals surface area contributed by atoms with E-state index in [4.69, 9.17) is 5.73 Å². The summed E-state index contributed by atoms with van der Waals surface area (Å²) in [6.07, 6.45) is -1.66. The molecule has 2 heterocycles. The summed E-state index contributed by atoms with van der Waals surface area (Å²) in [5, 5.41) is 0. The van der Waals surface area contributed by atoms with Crippen LogP contribution in [0.15, 0.2) is 24.5 Å². The van der Waals surface area contributed by atoms with Crippen molar-refractivity contribution in [1.82, 2.24) is 9.55 Å². The average Bonchev–Trinajstić information content (AvgIpc) is 2.60. The molecule has 0 bridgehead atoms. The van der Waals surface area contributed by atoms with Gasteiger partial charge in [0.1, 0.15) is 5.82 Å². The number of aromatic nitrogens is 2. The first-order chi connectivity index (χ1) is 8.80. The van der Waals surface area contributed by atoms with Crippen LogP contribution in [0.2, 0.25) is 0 Å². The SMILES string of the molecule is Cc1c(C(F)(F)F)cn(Cc2cccnc2N)c1C. The van der Waals surface area contributed by atoms with Crippen molar-refractivity contribution < 1.29 is 13.2 Å². The Morgan fingerprint density at radius 1 is 1.32 bits per heavy atom. The molecule has 0 aliphatic rings. The topological polar surface area (TPSA) is 43.8 Å². The van der Waals surface area contributed by atoms with E-state index in [1.807, 2.05) is 0 Å². The number of halogens is 3. The standard InChI is InChI=1S/C13H14F3N3/c1-8-9(2)19(7-11(8)13(14,15)16)6-10-4-3-5-18-12(10)17/h3-5,7H,6H2,1-2H3,(H2,17,18). The summed E-state index contributed by atoms with van der Waals surface area (Å²) in [6, 6.07) is 3.46. The molecular weight excluding hydrogens is 255 g/mol. The van der Waals surface area contributed by atoms with Gasteiger partial charge in [-0.3, -0.25) is 0 Å². The molecule has 2 aromatic rings. The summed E-state index contributed by atoms with van der Waals surface area (Å²) >= 11 is 0. The normalized spacial score (nSPS) is 11.8. The second kappa shape index (κ2) is 4.60. The molecular formula is C13H14F3N3. The summed E-state index contributed by atoms with van der Waals surface area (Å²) in [5.41, 5.74) is 6.63. The van der Waals surface area contributed by atoms with Crippen LogP contribution in [-0.4, -0.2) is 9.55 Å². The number of alkyl halides is 3. The lowest BCUT2D eigenvalue weighted by atomic mass is 10.2. The molecule has 0 spiro atoms. The minimum absolute atomic E-state index is 0.245. The molecule has 19 heavy (non-hydrogen) atoms. The van der Waals surface area contributed by atoms with Crippen LogP contribution >= 0.6 is 0 Å². The minimum atomic E-state index is -4.33. The van der Waals surface area contributed by atoms with Gasteiger partial charge in [-0.1, -0.05) is 6.07 Å². The summed E-state index contributed by atoms with van der Waals surface area (Å²) < 4.78 is 40.0. The zero-order valence-electron chi connectivity index (χ0n) is 10.6. The molecule has 0 aliphatic heterocycles. The number of anilines is 1. The van der Waals surface area contributed by atoms with Crippen LogP contribution in [0.1, 0.15) is 22.4 Å². The van der Waals surface area contributed by atoms with E-state index >= 15 is 0 Å². The van der Waals surface area contributed by atoms with Crippen LogP contribution in [0.3, 0.4) is 0 Å².